The van der Waals surface area contributed by atoms with Crippen LogP contribution >= 0.6 is 0 Å². The fourth-order valence-electron chi connectivity index (χ4n) is 4.97. The van der Waals surface area contributed by atoms with Crippen molar-refractivity contribution >= 4 is 12.0 Å². The van der Waals surface area contributed by atoms with Crippen LogP contribution in [0.3, 0.4) is 0 Å². The third kappa shape index (κ3) is 7.02. The number of ether oxygens (including phenoxy) is 2. The van der Waals surface area contributed by atoms with Crippen molar-refractivity contribution in [2.45, 2.75) is 83.4 Å². The SMILES string of the molecule is CCOc1cc([C@@H](C)N(CCCC(F)(F)c2ccccc2)C(=O)NC2(C(=O)O)CCC2)cc(OCC)c1C(C)O. The number of urea groups is 1. The Bertz CT molecular complexity index is 1130. The van der Waals surface area contributed by atoms with Crippen molar-refractivity contribution in [3.63, 3.8) is 0 Å². The first-order valence-electron chi connectivity index (χ1n) is 13.8. The lowest BCUT2D eigenvalue weighted by atomic mass is 9.77. The number of nitrogens with one attached hydrogen (secondary N) is 1. The molecule has 0 saturated heterocycles. The predicted octanol–water partition coefficient (Wildman–Crippen LogP) is 6.19. The van der Waals surface area contributed by atoms with Gasteiger partial charge in [0.1, 0.15) is 17.0 Å². The van der Waals surface area contributed by atoms with Crippen LogP contribution in [0.1, 0.15) is 88.6 Å². The van der Waals surface area contributed by atoms with E-state index in [4.69, 9.17) is 9.47 Å². The minimum absolute atomic E-state index is 0.0257. The number of amides is 2. The van der Waals surface area contributed by atoms with E-state index < -0.39 is 42.0 Å². The highest BCUT2D eigenvalue weighted by Crippen LogP contribution is 2.40. The summed E-state index contributed by atoms with van der Waals surface area (Å²) >= 11 is 0. The molecular weight excluding hydrogens is 522 g/mol. The van der Waals surface area contributed by atoms with Crippen LogP contribution in [0, 0.1) is 0 Å². The minimum atomic E-state index is -3.09. The molecule has 0 aliphatic heterocycles. The van der Waals surface area contributed by atoms with E-state index in [2.05, 4.69) is 5.32 Å². The lowest BCUT2D eigenvalue weighted by Crippen LogP contribution is -2.61. The van der Waals surface area contributed by atoms with Crippen LogP contribution in [0.25, 0.3) is 0 Å². The van der Waals surface area contributed by atoms with Crippen molar-refractivity contribution in [1.82, 2.24) is 10.2 Å². The molecule has 3 rings (SSSR count). The van der Waals surface area contributed by atoms with E-state index in [0.717, 1.165) is 0 Å². The largest absolute Gasteiger partial charge is 0.493 e. The van der Waals surface area contributed by atoms with Crippen LogP contribution in [0.15, 0.2) is 42.5 Å². The number of aliphatic hydroxyl groups is 1. The number of carbonyl (C=O) groups excluding carboxylic acids is 1. The summed E-state index contributed by atoms with van der Waals surface area (Å²) in [5, 5.41) is 22.8. The van der Waals surface area contributed by atoms with Crippen molar-refractivity contribution in [3.8, 4) is 11.5 Å². The zero-order valence-electron chi connectivity index (χ0n) is 23.6. The maximum atomic E-state index is 14.9. The highest BCUT2D eigenvalue weighted by Gasteiger charge is 2.47. The Morgan fingerprint density at radius 1 is 1.07 bits per heavy atom. The maximum Gasteiger partial charge on any atom is 0.329 e. The number of carboxylic acids is 1. The molecule has 220 valence electrons. The first-order valence-corrected chi connectivity index (χ1v) is 13.8. The third-order valence-electron chi connectivity index (χ3n) is 7.40. The van der Waals surface area contributed by atoms with Crippen LogP contribution in [-0.2, 0) is 10.7 Å². The standard InChI is InChI=1S/C30H40F2N2O6/c1-5-39-24-18-22(19-25(40-6-2)26(24)21(4)35)20(3)34(28(38)33-29(27(36)37)14-10-15-29)17-11-16-30(31,32)23-12-8-7-9-13-23/h7-9,12-13,18-21,35H,5-6,10-11,14-17H2,1-4H3,(H,33,38)(H,36,37)/t20-,21?/m1/s1. The topological polar surface area (TPSA) is 108 Å². The van der Waals surface area contributed by atoms with Gasteiger partial charge in [-0.3, -0.25) is 0 Å². The summed E-state index contributed by atoms with van der Waals surface area (Å²) in [6.45, 7) is 7.55. The number of nitrogens with zero attached hydrogens (tertiary/aromatic N) is 1. The van der Waals surface area contributed by atoms with Gasteiger partial charge in [-0.25, -0.2) is 18.4 Å². The molecule has 1 aliphatic carbocycles. The Hall–Kier alpha value is -3.40. The van der Waals surface area contributed by atoms with Gasteiger partial charge >= 0.3 is 12.0 Å². The molecule has 0 bridgehead atoms. The van der Waals surface area contributed by atoms with Gasteiger partial charge in [0, 0.05) is 18.5 Å². The summed E-state index contributed by atoms with van der Waals surface area (Å²) in [4.78, 5) is 26.9. The van der Waals surface area contributed by atoms with E-state index in [1.54, 1.807) is 58.0 Å². The van der Waals surface area contributed by atoms with Gasteiger partial charge in [0.2, 0.25) is 0 Å². The van der Waals surface area contributed by atoms with Gasteiger partial charge in [-0.2, -0.15) is 0 Å². The molecule has 2 atom stereocenters. The number of aliphatic hydroxyl groups excluding tert-OH is 1. The zero-order chi connectivity index (χ0) is 29.5. The number of hydrogen-bond acceptors (Lipinski definition) is 5. The summed E-state index contributed by atoms with van der Waals surface area (Å²) in [6.07, 6.45) is -0.138. The monoisotopic (exact) mass is 562 g/mol. The molecule has 8 nitrogen and oxygen atoms in total. The van der Waals surface area contributed by atoms with Crippen LogP contribution < -0.4 is 14.8 Å². The molecule has 2 aromatic carbocycles. The Labute approximate surface area is 234 Å². The molecule has 1 aliphatic rings. The van der Waals surface area contributed by atoms with Crippen LogP contribution in [0.4, 0.5) is 13.6 Å². The van der Waals surface area contributed by atoms with Gasteiger partial charge in [-0.15, -0.1) is 0 Å². The predicted molar refractivity (Wildman–Crippen MR) is 147 cm³/mol. The number of rotatable bonds is 14. The van der Waals surface area contributed by atoms with Gasteiger partial charge in [-0.05, 0) is 71.1 Å². The van der Waals surface area contributed by atoms with Crippen molar-refractivity contribution in [3.05, 3.63) is 59.2 Å². The number of halogens is 2. The summed E-state index contributed by atoms with van der Waals surface area (Å²) in [7, 11) is 0. The van der Waals surface area contributed by atoms with Gasteiger partial charge in [-0.1, -0.05) is 30.3 Å². The third-order valence-corrected chi connectivity index (χ3v) is 7.40. The van der Waals surface area contributed by atoms with Gasteiger partial charge in [0.15, 0.2) is 0 Å². The highest BCUT2D eigenvalue weighted by atomic mass is 19.3. The average Bonchev–Trinajstić information content (AvgIpc) is 2.88. The second-order valence-electron chi connectivity index (χ2n) is 10.2. The minimum Gasteiger partial charge on any atom is -0.493 e. The second-order valence-corrected chi connectivity index (χ2v) is 10.2. The zero-order valence-corrected chi connectivity index (χ0v) is 23.6. The molecule has 2 aromatic rings. The van der Waals surface area contributed by atoms with Crippen molar-refractivity contribution in [2.75, 3.05) is 19.8 Å². The molecule has 1 fully saturated rings. The summed E-state index contributed by atoms with van der Waals surface area (Å²) in [5.41, 5.74) is -0.405. The molecule has 0 radical (unpaired) electrons. The van der Waals surface area contributed by atoms with Gasteiger partial charge < -0.3 is 29.9 Å². The van der Waals surface area contributed by atoms with E-state index in [-0.39, 0.29) is 18.5 Å². The molecule has 0 spiro atoms. The fraction of sp³-hybridized carbons (Fsp3) is 0.533. The summed E-state index contributed by atoms with van der Waals surface area (Å²) in [5.74, 6) is -3.43. The number of hydrogen-bond donors (Lipinski definition) is 3. The first-order chi connectivity index (χ1) is 19.0. The Morgan fingerprint density at radius 2 is 1.65 bits per heavy atom. The van der Waals surface area contributed by atoms with Gasteiger partial charge in [0.25, 0.3) is 5.92 Å². The smallest absolute Gasteiger partial charge is 0.329 e. The number of carboxylic acid groups (broad SMARTS) is 1. The Balaban J connectivity index is 1.93. The molecule has 0 heterocycles. The summed E-state index contributed by atoms with van der Waals surface area (Å²) in [6, 6.07) is 9.62. The van der Waals surface area contributed by atoms with E-state index >= 15 is 0 Å². The van der Waals surface area contributed by atoms with Crippen molar-refractivity contribution in [1.29, 1.82) is 0 Å². The number of aliphatic carboxylic acids is 1. The lowest BCUT2D eigenvalue weighted by molar-refractivity contribution is -0.148. The van der Waals surface area contributed by atoms with Crippen molar-refractivity contribution in [2.24, 2.45) is 0 Å². The first kappa shape index (κ1) is 31.1. The van der Waals surface area contributed by atoms with E-state index in [0.29, 0.717) is 55.1 Å². The molecule has 3 N–H and O–H groups in total. The summed E-state index contributed by atoms with van der Waals surface area (Å²) < 4.78 is 41.4. The van der Waals surface area contributed by atoms with E-state index in [9.17, 15) is 28.6 Å². The molecule has 1 unspecified atom stereocenters. The van der Waals surface area contributed by atoms with Crippen LogP contribution in [0.2, 0.25) is 0 Å². The molecule has 1 saturated carbocycles. The van der Waals surface area contributed by atoms with Crippen molar-refractivity contribution < 1.29 is 38.1 Å². The molecule has 10 heteroatoms. The van der Waals surface area contributed by atoms with E-state index in [1.807, 2.05) is 0 Å². The maximum absolute atomic E-state index is 14.9. The number of alkyl halides is 2. The number of benzene rings is 2. The normalized spacial score (nSPS) is 15.9. The number of carbonyl (C=O) groups is 2. The van der Waals surface area contributed by atoms with Crippen LogP contribution in [0.5, 0.6) is 11.5 Å². The molecule has 2 amide bonds. The van der Waals surface area contributed by atoms with E-state index in [1.165, 1.54) is 17.0 Å². The molecular formula is C30H40F2N2O6. The fourth-order valence-corrected chi connectivity index (χ4v) is 4.97. The average molecular weight is 563 g/mol. The van der Waals surface area contributed by atoms with Crippen LogP contribution in [-0.4, -0.2) is 52.4 Å². The quantitative estimate of drug-likeness (QED) is 0.253. The molecule has 0 aromatic heterocycles. The second kappa shape index (κ2) is 13.3. The molecule has 40 heavy (non-hydrogen) atoms. The van der Waals surface area contributed by atoms with Gasteiger partial charge in [0.05, 0.1) is 30.9 Å². The Kier molecular flexibility index (Phi) is 10.4. The lowest BCUT2D eigenvalue weighted by Gasteiger charge is -2.41. The highest BCUT2D eigenvalue weighted by molar-refractivity contribution is 5.87. The Morgan fingerprint density at radius 3 is 2.10 bits per heavy atom.